The van der Waals surface area contributed by atoms with E-state index in [-0.39, 0.29) is 33.8 Å². The van der Waals surface area contributed by atoms with Crippen LogP contribution in [-0.2, 0) is 26.0 Å². The van der Waals surface area contributed by atoms with Gasteiger partial charge in [-0.05, 0) is 30.7 Å². The summed E-state index contributed by atoms with van der Waals surface area (Å²) in [7, 11) is -8.13. The van der Waals surface area contributed by atoms with E-state index in [1.165, 1.54) is 55.5 Å². The number of sulfonamides is 1. The predicted molar refractivity (Wildman–Crippen MR) is 138 cm³/mol. The number of aryl methyl sites for hydroxylation is 1. The lowest BCUT2D eigenvalue weighted by molar-refractivity contribution is -0.140. The summed E-state index contributed by atoms with van der Waals surface area (Å²) in [6.45, 7) is 1.29. The lowest BCUT2D eigenvalue weighted by Crippen LogP contribution is -2.29. The fraction of sp³-hybridized carbons (Fsp3) is 0.174. The van der Waals surface area contributed by atoms with E-state index in [1.807, 2.05) is 5.10 Å². The SMILES string of the molecule is Cc1nc2c(-c3ccccc3)c(C(F)(F)F)[nH]n2c(=O)c1C(=O)Nc1cccc(NS(=O)(=O)CS(C)(=O)=O)c1. The number of sulfone groups is 1. The number of benzene rings is 2. The number of fused-ring (bicyclic) bond motifs is 1. The van der Waals surface area contributed by atoms with Crippen molar-refractivity contribution in [3.8, 4) is 11.1 Å². The summed E-state index contributed by atoms with van der Waals surface area (Å²) < 4.78 is 91.0. The van der Waals surface area contributed by atoms with E-state index >= 15 is 0 Å². The van der Waals surface area contributed by atoms with Crippen LogP contribution in [0.5, 0.6) is 0 Å². The average Bonchev–Trinajstić information content (AvgIpc) is 3.18. The average molecular weight is 584 g/mol. The maximum atomic E-state index is 13.9. The molecule has 0 atom stereocenters. The second kappa shape index (κ2) is 9.85. The van der Waals surface area contributed by atoms with Crippen molar-refractivity contribution >= 4 is 42.8 Å². The number of aromatic amines is 1. The van der Waals surface area contributed by atoms with Crippen molar-refractivity contribution in [2.75, 3.05) is 21.4 Å². The van der Waals surface area contributed by atoms with E-state index in [9.17, 15) is 39.6 Å². The normalized spacial score (nSPS) is 12.4. The fourth-order valence-corrected chi connectivity index (χ4v) is 6.84. The van der Waals surface area contributed by atoms with Gasteiger partial charge in [0.15, 0.2) is 20.6 Å². The molecule has 0 saturated carbocycles. The number of hydrogen-bond acceptors (Lipinski definition) is 7. The Hall–Kier alpha value is -4.18. The molecule has 11 nitrogen and oxygen atoms in total. The van der Waals surface area contributed by atoms with Crippen LogP contribution in [0, 0.1) is 6.92 Å². The zero-order chi connectivity index (χ0) is 28.8. The number of rotatable bonds is 7. The van der Waals surface area contributed by atoms with Gasteiger partial charge in [-0.1, -0.05) is 36.4 Å². The summed E-state index contributed by atoms with van der Waals surface area (Å²) in [5, 5.41) is 3.24. The Kier molecular flexibility index (Phi) is 7.03. The first-order chi connectivity index (χ1) is 18.1. The summed E-state index contributed by atoms with van der Waals surface area (Å²) in [5.41, 5.74) is -3.60. The third-order valence-electron chi connectivity index (χ3n) is 5.30. The molecule has 4 rings (SSSR count). The second-order valence-electron chi connectivity index (χ2n) is 8.56. The van der Waals surface area contributed by atoms with E-state index in [0.29, 0.717) is 4.52 Å². The number of carbonyl (C=O) groups is 1. The van der Waals surface area contributed by atoms with Gasteiger partial charge >= 0.3 is 6.18 Å². The van der Waals surface area contributed by atoms with E-state index in [1.54, 1.807) is 6.07 Å². The van der Waals surface area contributed by atoms with Crippen molar-refractivity contribution in [3.63, 3.8) is 0 Å². The van der Waals surface area contributed by atoms with Crippen LogP contribution in [0.25, 0.3) is 16.8 Å². The first kappa shape index (κ1) is 27.8. The van der Waals surface area contributed by atoms with Crippen LogP contribution in [0.3, 0.4) is 0 Å². The maximum Gasteiger partial charge on any atom is 0.433 e. The quantitative estimate of drug-likeness (QED) is 0.302. The maximum absolute atomic E-state index is 13.9. The molecule has 0 bridgehead atoms. The van der Waals surface area contributed by atoms with E-state index in [4.69, 9.17) is 0 Å². The number of amides is 1. The fourth-order valence-electron chi connectivity index (χ4n) is 3.87. The Morgan fingerprint density at radius 2 is 1.67 bits per heavy atom. The standard InChI is InChI=1S/C23H20F3N5O6S2/c1-13-17(21(32)28-15-9-6-10-16(11-15)30-39(36,37)12-38(2,34)35)22(33)31-20(27-13)18(14-7-4-3-5-8-14)19(29-31)23(24,25)26/h3-11,29-30H,12H2,1-2H3,(H,28,32). The number of aromatic nitrogens is 3. The summed E-state index contributed by atoms with van der Waals surface area (Å²) in [6.07, 6.45) is -4.12. The van der Waals surface area contributed by atoms with Gasteiger partial charge in [0.1, 0.15) is 11.3 Å². The number of anilines is 2. The Morgan fingerprint density at radius 1 is 1.03 bits per heavy atom. The molecule has 0 unspecified atom stereocenters. The van der Waals surface area contributed by atoms with Crippen molar-refractivity contribution in [1.82, 2.24) is 14.6 Å². The topological polar surface area (TPSA) is 160 Å². The van der Waals surface area contributed by atoms with Gasteiger partial charge in [-0.3, -0.25) is 19.4 Å². The second-order valence-corrected chi connectivity index (χ2v) is 12.8. The molecule has 2 aromatic heterocycles. The minimum Gasteiger partial charge on any atom is -0.322 e. The number of halogens is 3. The molecular weight excluding hydrogens is 563 g/mol. The number of carbonyl (C=O) groups excluding carboxylic acids is 1. The molecule has 0 saturated heterocycles. The molecule has 1 amide bonds. The molecule has 0 radical (unpaired) electrons. The lowest BCUT2D eigenvalue weighted by Gasteiger charge is -2.11. The van der Waals surface area contributed by atoms with Crippen molar-refractivity contribution < 1.29 is 34.8 Å². The van der Waals surface area contributed by atoms with Crippen LogP contribution in [-0.4, -0.2) is 48.7 Å². The molecule has 3 N–H and O–H groups in total. The molecule has 0 fully saturated rings. The van der Waals surface area contributed by atoms with Crippen LogP contribution >= 0.6 is 0 Å². The largest absolute Gasteiger partial charge is 0.433 e. The number of H-pyrrole nitrogens is 1. The van der Waals surface area contributed by atoms with Gasteiger partial charge in [0.25, 0.3) is 11.5 Å². The summed E-state index contributed by atoms with van der Waals surface area (Å²) in [6, 6.07) is 12.7. The Bertz CT molecular complexity index is 1870. The highest BCUT2D eigenvalue weighted by Crippen LogP contribution is 2.38. The molecule has 16 heteroatoms. The van der Waals surface area contributed by atoms with Gasteiger partial charge in [0.05, 0.1) is 16.9 Å². The number of alkyl halides is 3. The van der Waals surface area contributed by atoms with Crippen molar-refractivity contribution in [3.05, 3.63) is 81.9 Å². The minimum atomic E-state index is -4.87. The molecule has 0 aliphatic rings. The van der Waals surface area contributed by atoms with Crippen LogP contribution < -0.4 is 15.6 Å². The van der Waals surface area contributed by atoms with E-state index < -0.39 is 53.8 Å². The highest BCUT2D eigenvalue weighted by molar-refractivity contribution is 8.08. The van der Waals surface area contributed by atoms with Gasteiger partial charge in [-0.25, -0.2) is 21.8 Å². The Morgan fingerprint density at radius 3 is 2.28 bits per heavy atom. The summed E-state index contributed by atoms with van der Waals surface area (Å²) in [5.74, 6) is -1.01. The molecule has 2 heterocycles. The summed E-state index contributed by atoms with van der Waals surface area (Å²) in [4.78, 5) is 30.4. The van der Waals surface area contributed by atoms with Crippen molar-refractivity contribution in [1.29, 1.82) is 0 Å². The zero-order valence-electron chi connectivity index (χ0n) is 20.2. The lowest BCUT2D eigenvalue weighted by atomic mass is 10.1. The number of hydrogen-bond donors (Lipinski definition) is 3. The van der Waals surface area contributed by atoms with Crippen LogP contribution in [0.15, 0.2) is 59.4 Å². The monoisotopic (exact) mass is 583 g/mol. The van der Waals surface area contributed by atoms with Gasteiger partial charge in [-0.2, -0.15) is 17.7 Å². The Balaban J connectivity index is 1.73. The third-order valence-corrected chi connectivity index (χ3v) is 8.80. The van der Waals surface area contributed by atoms with E-state index in [2.05, 4.69) is 15.0 Å². The number of nitrogens with one attached hydrogen (secondary N) is 3. The third kappa shape index (κ3) is 6.12. The highest BCUT2D eigenvalue weighted by atomic mass is 32.3. The highest BCUT2D eigenvalue weighted by Gasteiger charge is 2.38. The van der Waals surface area contributed by atoms with Crippen LogP contribution in [0.4, 0.5) is 24.5 Å². The molecule has 2 aromatic carbocycles. The van der Waals surface area contributed by atoms with Gasteiger partial charge < -0.3 is 5.32 Å². The first-order valence-electron chi connectivity index (χ1n) is 10.9. The molecule has 0 spiro atoms. The smallest absolute Gasteiger partial charge is 0.322 e. The molecule has 0 aliphatic carbocycles. The minimum absolute atomic E-state index is 0.0101. The van der Waals surface area contributed by atoms with Gasteiger partial charge in [0, 0.05) is 11.9 Å². The van der Waals surface area contributed by atoms with Gasteiger partial charge in [-0.15, -0.1) is 0 Å². The predicted octanol–water partition coefficient (Wildman–Crippen LogP) is 3.01. The molecule has 4 aromatic rings. The van der Waals surface area contributed by atoms with Gasteiger partial charge in [0.2, 0.25) is 10.0 Å². The van der Waals surface area contributed by atoms with Crippen molar-refractivity contribution in [2.45, 2.75) is 13.1 Å². The summed E-state index contributed by atoms with van der Waals surface area (Å²) >= 11 is 0. The Labute approximate surface area is 219 Å². The first-order valence-corrected chi connectivity index (χ1v) is 14.6. The molecule has 0 aliphatic heterocycles. The molecular formula is C23H20F3N5O6S2. The van der Waals surface area contributed by atoms with Crippen molar-refractivity contribution in [2.24, 2.45) is 0 Å². The van der Waals surface area contributed by atoms with Crippen LogP contribution in [0.2, 0.25) is 0 Å². The molecule has 39 heavy (non-hydrogen) atoms. The van der Waals surface area contributed by atoms with E-state index in [0.717, 1.165) is 6.26 Å². The van der Waals surface area contributed by atoms with Crippen LogP contribution in [0.1, 0.15) is 21.7 Å². The number of nitrogens with zero attached hydrogens (tertiary/aromatic N) is 2. The molecule has 206 valence electrons. The zero-order valence-corrected chi connectivity index (χ0v) is 21.8.